The first-order valence-corrected chi connectivity index (χ1v) is 7.92. The Morgan fingerprint density at radius 3 is 2.65 bits per heavy atom. The van der Waals surface area contributed by atoms with Gasteiger partial charge in [-0.25, -0.2) is 0 Å². The number of oxime groups is 1. The van der Waals surface area contributed by atoms with Crippen molar-refractivity contribution in [3.63, 3.8) is 0 Å². The predicted octanol–water partition coefficient (Wildman–Crippen LogP) is 4.44. The Kier molecular flexibility index (Phi) is 5.90. The number of benzene rings is 1. The van der Waals surface area contributed by atoms with Crippen molar-refractivity contribution in [3.8, 4) is 0 Å². The zero-order chi connectivity index (χ0) is 14.2. The van der Waals surface area contributed by atoms with Crippen LogP contribution in [0.2, 0.25) is 0 Å². The maximum absolute atomic E-state index is 9.09. The third kappa shape index (κ3) is 3.75. The summed E-state index contributed by atoms with van der Waals surface area (Å²) in [6, 6.07) is 8.26. The van der Waals surface area contributed by atoms with Gasteiger partial charge in [-0.2, -0.15) is 0 Å². The van der Waals surface area contributed by atoms with Crippen LogP contribution >= 0.6 is 0 Å². The molecule has 3 nitrogen and oxygen atoms in total. The minimum absolute atomic E-state index is 0.819. The van der Waals surface area contributed by atoms with Crippen molar-refractivity contribution in [2.45, 2.75) is 51.9 Å². The first kappa shape index (κ1) is 14.9. The van der Waals surface area contributed by atoms with Crippen LogP contribution in [0.15, 0.2) is 29.4 Å². The third-order valence-corrected chi connectivity index (χ3v) is 4.08. The summed E-state index contributed by atoms with van der Waals surface area (Å²) < 4.78 is 0. The summed E-state index contributed by atoms with van der Waals surface area (Å²) in [5.74, 6) is 0. The molecule has 1 heterocycles. The Bertz CT molecular complexity index is 442. The number of hydrogen-bond acceptors (Lipinski definition) is 3. The molecule has 0 aromatic heterocycles. The molecule has 0 aliphatic carbocycles. The summed E-state index contributed by atoms with van der Waals surface area (Å²) in [7, 11) is 0. The van der Waals surface area contributed by atoms with Crippen LogP contribution in [0, 0.1) is 0 Å². The molecular weight excluding hydrogens is 248 g/mol. The van der Waals surface area contributed by atoms with E-state index in [0.717, 1.165) is 30.8 Å². The van der Waals surface area contributed by atoms with Gasteiger partial charge in [0.2, 0.25) is 0 Å². The Balaban J connectivity index is 1.87. The summed E-state index contributed by atoms with van der Waals surface area (Å²) in [5, 5.41) is 12.5. The maximum atomic E-state index is 9.09. The molecule has 1 N–H and O–H groups in total. The molecule has 0 spiro atoms. The summed E-state index contributed by atoms with van der Waals surface area (Å²) >= 11 is 0. The molecule has 0 amide bonds. The summed E-state index contributed by atoms with van der Waals surface area (Å²) in [6.07, 6.45) is 8.80. The molecule has 0 radical (unpaired) electrons. The van der Waals surface area contributed by atoms with Gasteiger partial charge in [0.25, 0.3) is 0 Å². The number of unbranched alkanes of at least 4 members (excludes halogenated alkanes) is 5. The highest BCUT2D eigenvalue weighted by Crippen LogP contribution is 2.27. The molecule has 1 aliphatic heterocycles. The second kappa shape index (κ2) is 7.93. The van der Waals surface area contributed by atoms with Crippen molar-refractivity contribution < 1.29 is 5.21 Å². The largest absolute Gasteiger partial charge is 0.411 e. The Labute approximate surface area is 122 Å². The average Bonchev–Trinajstić information content (AvgIpc) is 2.50. The third-order valence-electron chi connectivity index (χ3n) is 4.08. The second-order valence-corrected chi connectivity index (χ2v) is 5.57. The van der Waals surface area contributed by atoms with E-state index >= 15 is 0 Å². The van der Waals surface area contributed by atoms with Crippen molar-refractivity contribution in [2.75, 3.05) is 18.0 Å². The highest BCUT2D eigenvalue weighted by Gasteiger charge is 2.20. The molecule has 3 heteroatoms. The Hall–Kier alpha value is -1.51. The van der Waals surface area contributed by atoms with Crippen LogP contribution in [-0.4, -0.2) is 24.0 Å². The smallest absolute Gasteiger partial charge is 0.0906 e. The first-order valence-electron chi connectivity index (χ1n) is 7.92. The van der Waals surface area contributed by atoms with Gasteiger partial charge in [-0.05, 0) is 12.5 Å². The molecule has 110 valence electrons. The van der Waals surface area contributed by atoms with Gasteiger partial charge in [-0.15, -0.1) is 0 Å². The van der Waals surface area contributed by atoms with Gasteiger partial charge in [0, 0.05) is 30.8 Å². The van der Waals surface area contributed by atoms with Gasteiger partial charge >= 0.3 is 0 Å². The number of para-hydroxylation sites is 1. The van der Waals surface area contributed by atoms with Crippen molar-refractivity contribution in [3.05, 3.63) is 29.8 Å². The van der Waals surface area contributed by atoms with E-state index in [-0.39, 0.29) is 0 Å². The standard InChI is InChI=1S/C17H26N2O/c1-2-3-4-5-6-9-13-19-14-12-16(18-20)15-10-7-8-11-17(15)19/h7-8,10-11,20H,2-6,9,12-14H2,1H3. The minimum atomic E-state index is 0.819. The van der Waals surface area contributed by atoms with E-state index in [1.165, 1.54) is 44.2 Å². The summed E-state index contributed by atoms with van der Waals surface area (Å²) in [6.45, 7) is 4.33. The molecule has 1 aliphatic rings. The van der Waals surface area contributed by atoms with Crippen molar-refractivity contribution >= 4 is 11.4 Å². The number of fused-ring (bicyclic) bond motifs is 1. The van der Waals surface area contributed by atoms with E-state index in [2.05, 4.69) is 35.2 Å². The van der Waals surface area contributed by atoms with Gasteiger partial charge < -0.3 is 10.1 Å². The number of anilines is 1. The maximum Gasteiger partial charge on any atom is 0.0906 e. The topological polar surface area (TPSA) is 35.8 Å². The van der Waals surface area contributed by atoms with Gasteiger partial charge in [0.05, 0.1) is 5.71 Å². The molecule has 0 unspecified atom stereocenters. The van der Waals surface area contributed by atoms with Crippen LogP contribution in [0.1, 0.15) is 57.4 Å². The molecule has 2 rings (SSSR count). The summed E-state index contributed by atoms with van der Waals surface area (Å²) in [5.41, 5.74) is 3.13. The number of nitrogens with zero attached hydrogens (tertiary/aromatic N) is 2. The molecule has 20 heavy (non-hydrogen) atoms. The van der Waals surface area contributed by atoms with Crippen LogP contribution in [0.3, 0.4) is 0 Å². The lowest BCUT2D eigenvalue weighted by atomic mass is 9.99. The molecule has 1 aromatic rings. The van der Waals surface area contributed by atoms with Gasteiger partial charge in [0.1, 0.15) is 0 Å². The van der Waals surface area contributed by atoms with Crippen LogP contribution in [0.5, 0.6) is 0 Å². The number of rotatable bonds is 7. The second-order valence-electron chi connectivity index (χ2n) is 5.57. The van der Waals surface area contributed by atoms with Crippen LogP contribution in [0.25, 0.3) is 0 Å². The van der Waals surface area contributed by atoms with E-state index in [9.17, 15) is 0 Å². The fourth-order valence-corrected chi connectivity index (χ4v) is 2.91. The molecule has 0 fully saturated rings. The lowest BCUT2D eigenvalue weighted by molar-refractivity contribution is 0.317. The average molecular weight is 274 g/mol. The van der Waals surface area contributed by atoms with Crippen molar-refractivity contribution in [1.82, 2.24) is 0 Å². The van der Waals surface area contributed by atoms with E-state index < -0.39 is 0 Å². The molecule has 0 bridgehead atoms. The fraction of sp³-hybridized carbons (Fsp3) is 0.588. The lowest BCUT2D eigenvalue weighted by Gasteiger charge is -2.31. The monoisotopic (exact) mass is 274 g/mol. The van der Waals surface area contributed by atoms with Crippen LogP contribution < -0.4 is 4.90 Å². The SMILES string of the molecule is CCCCCCCCN1CCC(=NO)c2ccccc21. The highest BCUT2D eigenvalue weighted by molar-refractivity contribution is 6.06. The molecule has 0 saturated heterocycles. The normalized spacial score (nSPS) is 16.4. The van der Waals surface area contributed by atoms with Gasteiger partial charge in [-0.3, -0.25) is 0 Å². The molecular formula is C17H26N2O. The van der Waals surface area contributed by atoms with E-state index in [1.807, 2.05) is 6.07 Å². The van der Waals surface area contributed by atoms with Gasteiger partial charge in [0.15, 0.2) is 0 Å². The van der Waals surface area contributed by atoms with Crippen LogP contribution in [0.4, 0.5) is 5.69 Å². The predicted molar refractivity (Wildman–Crippen MR) is 85.0 cm³/mol. The van der Waals surface area contributed by atoms with Crippen molar-refractivity contribution in [1.29, 1.82) is 0 Å². The molecule has 0 saturated carbocycles. The van der Waals surface area contributed by atoms with Gasteiger partial charge in [-0.1, -0.05) is 62.4 Å². The van der Waals surface area contributed by atoms with E-state index in [1.54, 1.807) is 0 Å². The first-order chi connectivity index (χ1) is 9.86. The van der Waals surface area contributed by atoms with Crippen molar-refractivity contribution in [2.24, 2.45) is 5.16 Å². The lowest BCUT2D eigenvalue weighted by Crippen LogP contribution is -2.33. The Morgan fingerprint density at radius 2 is 1.85 bits per heavy atom. The zero-order valence-corrected chi connectivity index (χ0v) is 12.5. The quantitative estimate of drug-likeness (QED) is 0.453. The number of hydrogen-bond donors (Lipinski definition) is 1. The molecule has 0 atom stereocenters. The summed E-state index contributed by atoms with van der Waals surface area (Å²) in [4.78, 5) is 2.43. The molecule has 1 aromatic carbocycles. The van der Waals surface area contributed by atoms with Crippen LogP contribution in [-0.2, 0) is 0 Å². The zero-order valence-electron chi connectivity index (χ0n) is 12.5. The van der Waals surface area contributed by atoms with E-state index in [4.69, 9.17) is 5.21 Å². The minimum Gasteiger partial charge on any atom is -0.411 e. The Morgan fingerprint density at radius 1 is 1.10 bits per heavy atom. The van der Waals surface area contributed by atoms with E-state index in [0.29, 0.717) is 0 Å². The highest BCUT2D eigenvalue weighted by atomic mass is 16.4. The fourth-order valence-electron chi connectivity index (χ4n) is 2.91.